The molecule has 2 aromatic carbocycles. The summed E-state index contributed by atoms with van der Waals surface area (Å²) in [6.45, 7) is 0.400. The van der Waals surface area contributed by atoms with E-state index in [4.69, 9.17) is 9.47 Å². The Kier molecular flexibility index (Phi) is 4.22. The molecule has 0 saturated heterocycles. The van der Waals surface area contributed by atoms with E-state index in [9.17, 15) is 9.59 Å². The Morgan fingerprint density at radius 1 is 1.15 bits per heavy atom. The lowest BCUT2D eigenvalue weighted by atomic mass is 10.2. The maximum Gasteiger partial charge on any atom is 0.278 e. The van der Waals surface area contributed by atoms with Gasteiger partial charge in [-0.2, -0.15) is 0 Å². The number of ether oxygens (including phenoxy) is 2. The van der Waals surface area contributed by atoms with Crippen molar-refractivity contribution in [1.29, 1.82) is 0 Å². The number of hydrogen-bond donors (Lipinski definition) is 1. The number of carbonyl (C=O) groups is 1. The second-order valence-electron chi connectivity index (χ2n) is 5.87. The van der Waals surface area contributed by atoms with E-state index in [2.05, 4.69) is 15.6 Å². The molecule has 8 nitrogen and oxygen atoms in total. The van der Waals surface area contributed by atoms with Crippen molar-refractivity contribution in [3.05, 3.63) is 58.9 Å². The van der Waals surface area contributed by atoms with E-state index >= 15 is 0 Å². The number of nitrogens with zero attached hydrogens (tertiary/aromatic N) is 3. The molecule has 4 rings (SSSR count). The number of rotatable bonds is 4. The van der Waals surface area contributed by atoms with Crippen molar-refractivity contribution in [2.75, 3.05) is 13.2 Å². The largest absolute Gasteiger partial charge is 0.486 e. The number of amides is 1. The summed E-state index contributed by atoms with van der Waals surface area (Å²) in [6, 6.07) is 14.2. The fourth-order valence-corrected chi connectivity index (χ4v) is 2.71. The summed E-state index contributed by atoms with van der Waals surface area (Å²) in [5.41, 5.74) is 0.150. The molecule has 1 aliphatic heterocycles. The lowest BCUT2D eigenvalue weighted by molar-refractivity contribution is -0.122. The van der Waals surface area contributed by atoms with Crippen molar-refractivity contribution in [3.63, 3.8) is 0 Å². The molecule has 2 heterocycles. The van der Waals surface area contributed by atoms with Crippen molar-refractivity contribution in [1.82, 2.24) is 20.3 Å². The van der Waals surface area contributed by atoms with E-state index in [0.717, 1.165) is 4.68 Å². The fraction of sp³-hybridized carbons (Fsp3) is 0.222. The molecule has 132 valence electrons. The lowest BCUT2D eigenvalue weighted by Gasteiger charge is -2.26. The number of nitrogens with one attached hydrogen (secondary N) is 1. The van der Waals surface area contributed by atoms with Crippen LogP contribution in [0.25, 0.3) is 10.9 Å². The van der Waals surface area contributed by atoms with E-state index < -0.39 is 0 Å². The Hall–Kier alpha value is -3.42. The third-order valence-corrected chi connectivity index (χ3v) is 4.02. The average Bonchev–Trinajstić information content (AvgIpc) is 2.68. The van der Waals surface area contributed by atoms with Crippen LogP contribution in [0.5, 0.6) is 11.5 Å². The molecular formula is C18H16N4O4. The van der Waals surface area contributed by atoms with Crippen molar-refractivity contribution < 1.29 is 14.3 Å². The Morgan fingerprint density at radius 3 is 2.81 bits per heavy atom. The van der Waals surface area contributed by atoms with Gasteiger partial charge >= 0.3 is 0 Å². The number of benzene rings is 2. The Bertz CT molecular complexity index is 1020. The van der Waals surface area contributed by atoms with Crippen LogP contribution in [-0.4, -0.2) is 40.2 Å². The highest BCUT2D eigenvalue weighted by atomic mass is 16.6. The van der Waals surface area contributed by atoms with E-state index in [1.807, 2.05) is 24.3 Å². The first-order valence-corrected chi connectivity index (χ1v) is 8.18. The van der Waals surface area contributed by atoms with Gasteiger partial charge in [0, 0.05) is 0 Å². The van der Waals surface area contributed by atoms with Crippen molar-refractivity contribution in [3.8, 4) is 11.5 Å². The molecular weight excluding hydrogens is 336 g/mol. The number of carbonyl (C=O) groups excluding carboxylic acids is 1. The van der Waals surface area contributed by atoms with Crippen LogP contribution in [-0.2, 0) is 11.3 Å². The maximum atomic E-state index is 12.3. The standard InChI is InChI=1S/C18H16N4O4/c23-17(10-22-18(24)13-5-1-2-6-14(13)20-21-22)19-9-12-11-25-15-7-3-4-8-16(15)26-12/h1-8,12H,9-11H2,(H,19,23)/t12-/m0/s1. The van der Waals surface area contributed by atoms with Crippen molar-refractivity contribution in [2.24, 2.45) is 0 Å². The number of fused-ring (bicyclic) bond motifs is 2. The molecule has 1 N–H and O–H groups in total. The summed E-state index contributed by atoms with van der Waals surface area (Å²) < 4.78 is 12.4. The molecule has 0 aliphatic carbocycles. The van der Waals surface area contributed by atoms with Crippen LogP contribution in [0.2, 0.25) is 0 Å². The minimum absolute atomic E-state index is 0.208. The zero-order chi connectivity index (χ0) is 17.9. The van der Waals surface area contributed by atoms with Crippen LogP contribution >= 0.6 is 0 Å². The van der Waals surface area contributed by atoms with Gasteiger partial charge in [-0.25, -0.2) is 4.68 Å². The summed E-state index contributed by atoms with van der Waals surface area (Å²) in [6.07, 6.45) is -0.298. The predicted molar refractivity (Wildman–Crippen MR) is 93.2 cm³/mol. The third kappa shape index (κ3) is 3.21. The summed E-state index contributed by atoms with van der Waals surface area (Å²) in [4.78, 5) is 24.5. The topological polar surface area (TPSA) is 95.3 Å². The Morgan fingerprint density at radius 2 is 1.92 bits per heavy atom. The van der Waals surface area contributed by atoms with Crippen LogP contribution in [0.1, 0.15) is 0 Å². The molecule has 8 heteroatoms. The summed E-state index contributed by atoms with van der Waals surface area (Å²) in [5, 5.41) is 10.9. The number of aromatic nitrogens is 3. The molecule has 0 spiro atoms. The van der Waals surface area contributed by atoms with Gasteiger partial charge in [0.2, 0.25) is 5.91 Å². The van der Waals surface area contributed by atoms with E-state index in [0.29, 0.717) is 29.0 Å². The first-order valence-electron chi connectivity index (χ1n) is 8.18. The highest BCUT2D eigenvalue weighted by molar-refractivity contribution is 5.78. The number of para-hydroxylation sites is 2. The quantitative estimate of drug-likeness (QED) is 0.744. The summed E-state index contributed by atoms with van der Waals surface area (Å²) >= 11 is 0. The first-order chi connectivity index (χ1) is 12.7. The van der Waals surface area contributed by atoms with Gasteiger partial charge in [-0.05, 0) is 24.3 Å². The van der Waals surface area contributed by atoms with E-state index in [1.165, 1.54) is 0 Å². The second-order valence-corrected chi connectivity index (χ2v) is 5.87. The molecule has 1 aliphatic rings. The van der Waals surface area contributed by atoms with Gasteiger partial charge in [-0.15, -0.1) is 5.10 Å². The second kappa shape index (κ2) is 6.83. The maximum absolute atomic E-state index is 12.3. The van der Waals surface area contributed by atoms with Crippen LogP contribution < -0.4 is 20.3 Å². The first kappa shape index (κ1) is 16.1. The summed E-state index contributed by atoms with van der Waals surface area (Å²) in [7, 11) is 0. The highest BCUT2D eigenvalue weighted by Crippen LogP contribution is 2.30. The van der Waals surface area contributed by atoms with Gasteiger partial charge < -0.3 is 14.8 Å². The van der Waals surface area contributed by atoms with Gasteiger partial charge in [0.1, 0.15) is 24.8 Å². The minimum Gasteiger partial charge on any atom is -0.486 e. The van der Waals surface area contributed by atoms with E-state index in [1.54, 1.807) is 24.3 Å². The van der Waals surface area contributed by atoms with Gasteiger partial charge in [0.15, 0.2) is 11.5 Å². The minimum atomic E-state index is -0.350. The Labute approximate surface area is 148 Å². The summed E-state index contributed by atoms with van der Waals surface area (Å²) in [5.74, 6) is 0.988. The Balaban J connectivity index is 1.38. The van der Waals surface area contributed by atoms with Crippen LogP contribution in [0, 0.1) is 0 Å². The smallest absolute Gasteiger partial charge is 0.278 e. The van der Waals surface area contributed by atoms with Crippen molar-refractivity contribution >= 4 is 16.8 Å². The molecule has 26 heavy (non-hydrogen) atoms. The molecule has 1 aromatic heterocycles. The molecule has 0 bridgehead atoms. The molecule has 1 amide bonds. The zero-order valence-electron chi connectivity index (χ0n) is 13.8. The lowest BCUT2D eigenvalue weighted by Crippen LogP contribution is -2.42. The van der Waals surface area contributed by atoms with Gasteiger partial charge in [0.05, 0.1) is 11.9 Å². The highest BCUT2D eigenvalue weighted by Gasteiger charge is 2.21. The SMILES string of the molecule is O=C(Cn1nnc2ccccc2c1=O)NC[C@H]1COc2ccccc2O1. The van der Waals surface area contributed by atoms with Gasteiger partial charge in [0.25, 0.3) is 5.56 Å². The molecule has 0 unspecified atom stereocenters. The van der Waals surface area contributed by atoms with Crippen LogP contribution in [0.4, 0.5) is 0 Å². The molecule has 0 saturated carbocycles. The average molecular weight is 352 g/mol. The normalized spacial score (nSPS) is 15.6. The number of hydrogen-bond acceptors (Lipinski definition) is 6. The zero-order valence-corrected chi connectivity index (χ0v) is 13.8. The molecule has 3 aromatic rings. The molecule has 0 radical (unpaired) electrons. The van der Waals surface area contributed by atoms with Gasteiger partial charge in [-0.3, -0.25) is 9.59 Å². The monoisotopic (exact) mass is 352 g/mol. The molecule has 1 atom stereocenters. The fourth-order valence-electron chi connectivity index (χ4n) is 2.71. The van der Waals surface area contributed by atoms with Crippen LogP contribution in [0.15, 0.2) is 53.3 Å². The molecule has 0 fully saturated rings. The predicted octanol–water partition coefficient (Wildman–Crippen LogP) is 0.748. The van der Waals surface area contributed by atoms with E-state index in [-0.39, 0.29) is 30.7 Å². The van der Waals surface area contributed by atoms with Crippen LogP contribution in [0.3, 0.4) is 0 Å². The third-order valence-electron chi connectivity index (χ3n) is 4.02. The van der Waals surface area contributed by atoms with Crippen molar-refractivity contribution in [2.45, 2.75) is 12.6 Å². The van der Waals surface area contributed by atoms with Gasteiger partial charge in [-0.1, -0.05) is 29.5 Å².